The Bertz CT molecular complexity index is 752. The van der Waals surface area contributed by atoms with Crippen molar-refractivity contribution >= 4 is 43.7 Å². The second kappa shape index (κ2) is 3.05. The Morgan fingerprint density at radius 2 is 0.778 bits per heavy atom. The highest BCUT2D eigenvalue weighted by molar-refractivity contribution is 6.24. The van der Waals surface area contributed by atoms with Gasteiger partial charge in [0.1, 0.15) is 0 Å². The molecule has 0 radical (unpaired) electrons. The summed E-state index contributed by atoms with van der Waals surface area (Å²) in [5, 5.41) is 7.31. The zero-order chi connectivity index (χ0) is 12.3. The zero-order valence-corrected chi connectivity index (χ0v) is 9.77. The molecule has 18 heavy (non-hydrogen) atoms. The zero-order valence-electron chi connectivity index (χ0n) is 9.77. The maximum absolute atomic E-state index is 5.94. The van der Waals surface area contributed by atoms with E-state index in [2.05, 4.69) is 24.3 Å². The number of rotatable bonds is 0. The van der Waals surface area contributed by atoms with Crippen molar-refractivity contribution in [1.82, 2.24) is 0 Å². The molecule has 2 nitrogen and oxygen atoms in total. The Kier molecular flexibility index (Phi) is 1.61. The molecule has 4 aromatic carbocycles. The average Bonchev–Trinajstić information content (AvgIpc) is 2.34. The first-order valence-corrected chi connectivity index (χ1v) is 5.96. The van der Waals surface area contributed by atoms with E-state index < -0.39 is 0 Å². The van der Waals surface area contributed by atoms with Crippen LogP contribution in [0.2, 0.25) is 0 Å². The third kappa shape index (κ3) is 1.12. The van der Waals surface area contributed by atoms with Crippen molar-refractivity contribution in [2.24, 2.45) is 0 Å². The largest absolute Gasteiger partial charge is 0.399 e. The van der Waals surface area contributed by atoms with Gasteiger partial charge in [0.2, 0.25) is 0 Å². The van der Waals surface area contributed by atoms with Crippen LogP contribution < -0.4 is 11.5 Å². The van der Waals surface area contributed by atoms with E-state index in [0.29, 0.717) is 0 Å². The van der Waals surface area contributed by atoms with Crippen molar-refractivity contribution in [3.8, 4) is 0 Å². The maximum atomic E-state index is 5.94. The highest BCUT2D eigenvalue weighted by Gasteiger charge is 2.08. The van der Waals surface area contributed by atoms with E-state index in [1.807, 2.05) is 24.3 Å². The summed E-state index contributed by atoms with van der Waals surface area (Å²) in [6.07, 6.45) is 0. The summed E-state index contributed by atoms with van der Waals surface area (Å²) in [7, 11) is 0. The molecule has 0 bridgehead atoms. The van der Waals surface area contributed by atoms with Gasteiger partial charge in [-0.3, -0.25) is 0 Å². The van der Waals surface area contributed by atoms with Crippen LogP contribution in [0.5, 0.6) is 0 Å². The highest BCUT2D eigenvalue weighted by atomic mass is 14.5. The molecule has 4 aromatic rings. The monoisotopic (exact) mass is 232 g/mol. The van der Waals surface area contributed by atoms with E-state index in [-0.39, 0.29) is 0 Å². The smallest absolute Gasteiger partial charge is 0.0326 e. The molecule has 0 saturated heterocycles. The highest BCUT2D eigenvalue weighted by Crippen LogP contribution is 2.36. The molecule has 0 amide bonds. The fourth-order valence-corrected chi connectivity index (χ4v) is 2.89. The lowest BCUT2D eigenvalue weighted by atomic mass is 9.93. The summed E-state index contributed by atoms with van der Waals surface area (Å²) in [6.45, 7) is 0. The molecule has 0 spiro atoms. The van der Waals surface area contributed by atoms with Gasteiger partial charge in [-0.05, 0) is 56.6 Å². The lowest BCUT2D eigenvalue weighted by molar-refractivity contribution is 1.74. The van der Waals surface area contributed by atoms with E-state index in [1.165, 1.54) is 32.3 Å². The van der Waals surface area contributed by atoms with Crippen LogP contribution in [0.15, 0.2) is 48.5 Å². The molecular weight excluding hydrogens is 220 g/mol. The summed E-state index contributed by atoms with van der Waals surface area (Å²) in [4.78, 5) is 0. The molecule has 4 rings (SSSR count). The summed E-state index contributed by atoms with van der Waals surface area (Å²) >= 11 is 0. The van der Waals surface area contributed by atoms with Gasteiger partial charge in [0.15, 0.2) is 0 Å². The van der Waals surface area contributed by atoms with Gasteiger partial charge in [0.25, 0.3) is 0 Å². The minimum Gasteiger partial charge on any atom is -0.399 e. The first kappa shape index (κ1) is 9.54. The van der Waals surface area contributed by atoms with Crippen LogP contribution in [0.1, 0.15) is 0 Å². The van der Waals surface area contributed by atoms with Crippen LogP contribution in [0, 0.1) is 0 Å². The molecule has 0 saturated carbocycles. The Morgan fingerprint density at radius 1 is 0.500 bits per heavy atom. The number of hydrogen-bond acceptors (Lipinski definition) is 2. The minimum atomic E-state index is 0.806. The van der Waals surface area contributed by atoms with Crippen molar-refractivity contribution in [3.05, 3.63) is 48.5 Å². The predicted octanol–water partition coefficient (Wildman–Crippen LogP) is 3.75. The molecule has 0 atom stereocenters. The average molecular weight is 232 g/mol. The lowest BCUT2D eigenvalue weighted by Gasteiger charge is -2.12. The molecule has 86 valence electrons. The summed E-state index contributed by atoms with van der Waals surface area (Å²) in [6, 6.07) is 16.5. The minimum absolute atomic E-state index is 0.806. The van der Waals surface area contributed by atoms with Gasteiger partial charge in [-0.25, -0.2) is 0 Å². The van der Waals surface area contributed by atoms with Crippen LogP contribution >= 0.6 is 0 Å². The van der Waals surface area contributed by atoms with Gasteiger partial charge >= 0.3 is 0 Å². The number of nitrogens with two attached hydrogens (primary N) is 2. The standard InChI is InChI=1S/C16H12N2/c17-13-5-9-1-2-10-6-14(18)8-12-4-3-11(7-13)15(9)16(10)12/h1-8H,17-18H2. The number of hydrogen-bond donors (Lipinski definition) is 2. The quantitative estimate of drug-likeness (QED) is 0.358. The molecule has 0 fully saturated rings. The SMILES string of the molecule is Nc1cc2ccc3cc(N)cc4ccc(c1)c2c34. The molecule has 0 aromatic heterocycles. The molecule has 4 N–H and O–H groups in total. The number of benzene rings is 4. The molecule has 0 aliphatic carbocycles. The van der Waals surface area contributed by atoms with Gasteiger partial charge in [0, 0.05) is 11.4 Å². The molecule has 2 heteroatoms. The topological polar surface area (TPSA) is 52.0 Å². The van der Waals surface area contributed by atoms with Gasteiger partial charge in [-0.15, -0.1) is 0 Å². The summed E-state index contributed by atoms with van der Waals surface area (Å²) in [5.74, 6) is 0. The summed E-state index contributed by atoms with van der Waals surface area (Å²) in [5.41, 5.74) is 13.5. The Balaban J connectivity index is 2.41. The van der Waals surface area contributed by atoms with Gasteiger partial charge in [-0.2, -0.15) is 0 Å². The lowest BCUT2D eigenvalue weighted by Crippen LogP contribution is -1.90. The fraction of sp³-hybridized carbons (Fsp3) is 0. The molecule has 0 aliphatic rings. The van der Waals surface area contributed by atoms with Gasteiger partial charge in [0.05, 0.1) is 0 Å². The van der Waals surface area contributed by atoms with Crippen LogP contribution in [0.25, 0.3) is 32.3 Å². The van der Waals surface area contributed by atoms with Crippen LogP contribution in [0.3, 0.4) is 0 Å². The predicted molar refractivity (Wildman–Crippen MR) is 79.0 cm³/mol. The van der Waals surface area contributed by atoms with Crippen LogP contribution in [-0.2, 0) is 0 Å². The Morgan fingerprint density at radius 3 is 1.06 bits per heavy atom. The second-order valence-electron chi connectivity index (χ2n) is 4.82. The molecule has 0 heterocycles. The van der Waals surface area contributed by atoms with Crippen molar-refractivity contribution in [3.63, 3.8) is 0 Å². The third-order valence-corrected chi connectivity index (χ3v) is 3.58. The van der Waals surface area contributed by atoms with Crippen molar-refractivity contribution < 1.29 is 0 Å². The van der Waals surface area contributed by atoms with Crippen LogP contribution in [0.4, 0.5) is 11.4 Å². The molecule has 0 unspecified atom stereocenters. The van der Waals surface area contributed by atoms with Gasteiger partial charge < -0.3 is 11.5 Å². The number of anilines is 2. The van der Waals surface area contributed by atoms with E-state index in [9.17, 15) is 0 Å². The van der Waals surface area contributed by atoms with E-state index >= 15 is 0 Å². The third-order valence-electron chi connectivity index (χ3n) is 3.58. The van der Waals surface area contributed by atoms with Crippen molar-refractivity contribution in [2.45, 2.75) is 0 Å². The summed E-state index contributed by atoms with van der Waals surface area (Å²) < 4.78 is 0. The first-order chi connectivity index (χ1) is 8.72. The Hall–Kier alpha value is -2.48. The van der Waals surface area contributed by atoms with E-state index in [1.54, 1.807) is 0 Å². The first-order valence-electron chi connectivity index (χ1n) is 5.96. The molecule has 0 aliphatic heterocycles. The van der Waals surface area contributed by atoms with E-state index in [0.717, 1.165) is 11.4 Å². The normalized spacial score (nSPS) is 11.8. The molecular formula is C16H12N2. The number of nitrogen functional groups attached to an aromatic ring is 2. The maximum Gasteiger partial charge on any atom is 0.0326 e. The second-order valence-corrected chi connectivity index (χ2v) is 4.82. The van der Waals surface area contributed by atoms with Gasteiger partial charge in [-0.1, -0.05) is 24.3 Å². The van der Waals surface area contributed by atoms with E-state index in [4.69, 9.17) is 11.5 Å². The van der Waals surface area contributed by atoms with Crippen molar-refractivity contribution in [2.75, 3.05) is 11.5 Å². The van der Waals surface area contributed by atoms with Crippen molar-refractivity contribution in [1.29, 1.82) is 0 Å². The Labute approximate surface area is 104 Å². The van der Waals surface area contributed by atoms with Crippen LogP contribution in [-0.4, -0.2) is 0 Å². The fourth-order valence-electron chi connectivity index (χ4n) is 2.89.